The smallest absolute Gasteiger partial charge is 0.123 e. The lowest BCUT2D eigenvalue weighted by Gasteiger charge is -2.22. The SMILES string of the molecule is C=C(NC(CC)c1ccc(NC)c(CC)c1)c1ccc(F)cc1. The highest BCUT2D eigenvalue weighted by molar-refractivity contribution is 5.62. The zero-order valence-electron chi connectivity index (χ0n) is 14.1. The summed E-state index contributed by atoms with van der Waals surface area (Å²) in [5.41, 5.74) is 5.44. The minimum absolute atomic E-state index is 0.184. The van der Waals surface area contributed by atoms with Gasteiger partial charge in [0, 0.05) is 18.4 Å². The lowest BCUT2D eigenvalue weighted by molar-refractivity contribution is 0.612. The number of nitrogens with one attached hydrogen (secondary N) is 2. The third kappa shape index (κ3) is 4.13. The molecular formula is C20H25FN2. The zero-order chi connectivity index (χ0) is 16.8. The summed E-state index contributed by atoms with van der Waals surface area (Å²) in [7, 11) is 1.94. The lowest BCUT2D eigenvalue weighted by Crippen LogP contribution is -2.19. The van der Waals surface area contributed by atoms with E-state index in [-0.39, 0.29) is 11.9 Å². The molecule has 0 saturated heterocycles. The molecule has 2 aromatic carbocycles. The molecule has 23 heavy (non-hydrogen) atoms. The summed E-state index contributed by atoms with van der Waals surface area (Å²) in [5.74, 6) is -0.233. The maximum absolute atomic E-state index is 13.0. The van der Waals surface area contributed by atoms with Gasteiger partial charge in [-0.25, -0.2) is 4.39 Å². The van der Waals surface area contributed by atoms with Gasteiger partial charge in [-0.3, -0.25) is 0 Å². The summed E-state index contributed by atoms with van der Waals surface area (Å²) >= 11 is 0. The van der Waals surface area contributed by atoms with Gasteiger partial charge in [0.2, 0.25) is 0 Å². The van der Waals surface area contributed by atoms with Crippen molar-refractivity contribution in [2.24, 2.45) is 0 Å². The lowest BCUT2D eigenvalue weighted by atomic mass is 9.98. The number of rotatable bonds is 7. The fourth-order valence-corrected chi connectivity index (χ4v) is 2.73. The highest BCUT2D eigenvalue weighted by Crippen LogP contribution is 2.25. The van der Waals surface area contributed by atoms with E-state index in [1.807, 2.05) is 7.05 Å². The van der Waals surface area contributed by atoms with Crippen LogP contribution in [0.25, 0.3) is 5.70 Å². The average molecular weight is 312 g/mol. The van der Waals surface area contributed by atoms with Crippen molar-refractivity contribution in [2.75, 3.05) is 12.4 Å². The van der Waals surface area contributed by atoms with Crippen molar-refractivity contribution in [1.29, 1.82) is 0 Å². The van der Waals surface area contributed by atoms with E-state index >= 15 is 0 Å². The van der Waals surface area contributed by atoms with Gasteiger partial charge in [0.1, 0.15) is 5.82 Å². The van der Waals surface area contributed by atoms with Gasteiger partial charge in [-0.2, -0.15) is 0 Å². The molecule has 0 bridgehead atoms. The first-order valence-electron chi connectivity index (χ1n) is 8.11. The molecule has 0 heterocycles. The third-order valence-corrected chi connectivity index (χ3v) is 4.13. The van der Waals surface area contributed by atoms with Crippen molar-refractivity contribution in [1.82, 2.24) is 5.32 Å². The summed E-state index contributed by atoms with van der Waals surface area (Å²) < 4.78 is 13.0. The van der Waals surface area contributed by atoms with Gasteiger partial charge in [0.25, 0.3) is 0 Å². The van der Waals surface area contributed by atoms with Crippen LogP contribution in [0.3, 0.4) is 0 Å². The van der Waals surface area contributed by atoms with Crippen LogP contribution >= 0.6 is 0 Å². The van der Waals surface area contributed by atoms with Crippen molar-refractivity contribution in [3.63, 3.8) is 0 Å². The fraction of sp³-hybridized carbons (Fsp3) is 0.300. The summed E-state index contributed by atoms with van der Waals surface area (Å²) in [4.78, 5) is 0. The molecule has 1 atom stereocenters. The standard InChI is InChI=1S/C20H25FN2/c1-5-15-13-17(9-12-20(15)22-4)19(6-2)23-14(3)16-7-10-18(21)11-8-16/h7-13,19,22-23H,3,5-6H2,1-2,4H3. The Kier molecular flexibility index (Phi) is 5.80. The van der Waals surface area contributed by atoms with E-state index in [0.717, 1.165) is 24.1 Å². The molecule has 2 aromatic rings. The first-order chi connectivity index (χ1) is 11.1. The van der Waals surface area contributed by atoms with E-state index in [1.54, 1.807) is 12.1 Å². The van der Waals surface area contributed by atoms with Crippen LogP contribution in [0.2, 0.25) is 0 Å². The van der Waals surface area contributed by atoms with Crippen LogP contribution in [0, 0.1) is 5.82 Å². The molecule has 0 aromatic heterocycles. The zero-order valence-corrected chi connectivity index (χ0v) is 14.1. The quantitative estimate of drug-likeness (QED) is 0.739. The van der Waals surface area contributed by atoms with Gasteiger partial charge in [0.05, 0.1) is 6.04 Å². The van der Waals surface area contributed by atoms with Crippen LogP contribution in [0.15, 0.2) is 49.0 Å². The summed E-state index contributed by atoms with van der Waals surface area (Å²) in [5, 5.41) is 6.70. The molecule has 0 fully saturated rings. The van der Waals surface area contributed by atoms with Crippen molar-refractivity contribution in [2.45, 2.75) is 32.7 Å². The molecule has 0 aliphatic rings. The summed E-state index contributed by atoms with van der Waals surface area (Å²) in [6, 6.07) is 13.1. The third-order valence-electron chi connectivity index (χ3n) is 4.13. The number of anilines is 1. The predicted molar refractivity (Wildman–Crippen MR) is 97.0 cm³/mol. The predicted octanol–water partition coefficient (Wildman–Crippen LogP) is 5.14. The van der Waals surface area contributed by atoms with Crippen LogP contribution in [0.5, 0.6) is 0 Å². The van der Waals surface area contributed by atoms with Crippen LogP contribution in [0.4, 0.5) is 10.1 Å². The molecule has 3 heteroatoms. The number of hydrogen-bond acceptors (Lipinski definition) is 2. The fourth-order valence-electron chi connectivity index (χ4n) is 2.73. The number of benzene rings is 2. The largest absolute Gasteiger partial charge is 0.388 e. The highest BCUT2D eigenvalue weighted by atomic mass is 19.1. The Bertz CT molecular complexity index is 662. The summed E-state index contributed by atoms with van der Waals surface area (Å²) in [6.07, 6.45) is 1.93. The summed E-state index contributed by atoms with van der Waals surface area (Å²) in [6.45, 7) is 8.40. The van der Waals surface area contributed by atoms with Crippen LogP contribution in [-0.2, 0) is 6.42 Å². The molecule has 1 unspecified atom stereocenters. The van der Waals surface area contributed by atoms with E-state index in [2.05, 4.69) is 49.3 Å². The van der Waals surface area contributed by atoms with Crippen LogP contribution in [-0.4, -0.2) is 7.05 Å². The number of aryl methyl sites for hydroxylation is 1. The molecule has 2 nitrogen and oxygen atoms in total. The van der Waals surface area contributed by atoms with E-state index in [9.17, 15) is 4.39 Å². The molecule has 2 rings (SSSR count). The molecule has 0 spiro atoms. The minimum atomic E-state index is -0.233. The second-order valence-corrected chi connectivity index (χ2v) is 5.61. The Morgan fingerprint density at radius 3 is 2.39 bits per heavy atom. The number of halogens is 1. The van der Waals surface area contributed by atoms with Crippen molar-refractivity contribution in [3.8, 4) is 0 Å². The Morgan fingerprint density at radius 2 is 1.83 bits per heavy atom. The normalized spacial score (nSPS) is 11.8. The van der Waals surface area contributed by atoms with Crippen molar-refractivity contribution >= 4 is 11.4 Å². The van der Waals surface area contributed by atoms with Crippen LogP contribution < -0.4 is 10.6 Å². The molecule has 0 saturated carbocycles. The maximum Gasteiger partial charge on any atom is 0.123 e. The van der Waals surface area contributed by atoms with Gasteiger partial charge in [-0.1, -0.05) is 44.7 Å². The maximum atomic E-state index is 13.0. The Hall–Kier alpha value is -2.29. The Balaban J connectivity index is 2.19. The Morgan fingerprint density at radius 1 is 1.13 bits per heavy atom. The molecule has 0 amide bonds. The van der Waals surface area contributed by atoms with Gasteiger partial charge in [0.15, 0.2) is 0 Å². The first-order valence-corrected chi connectivity index (χ1v) is 8.11. The minimum Gasteiger partial charge on any atom is -0.388 e. The van der Waals surface area contributed by atoms with E-state index in [0.29, 0.717) is 0 Å². The average Bonchev–Trinajstić information content (AvgIpc) is 2.59. The highest BCUT2D eigenvalue weighted by Gasteiger charge is 2.12. The van der Waals surface area contributed by atoms with Gasteiger partial charge in [-0.15, -0.1) is 0 Å². The van der Waals surface area contributed by atoms with Crippen LogP contribution in [0.1, 0.15) is 43.0 Å². The van der Waals surface area contributed by atoms with Gasteiger partial charge in [-0.05, 0) is 47.7 Å². The topological polar surface area (TPSA) is 24.1 Å². The first kappa shape index (κ1) is 17.1. The van der Waals surface area contributed by atoms with E-state index in [1.165, 1.54) is 28.9 Å². The van der Waals surface area contributed by atoms with Gasteiger partial charge < -0.3 is 10.6 Å². The molecule has 0 aliphatic heterocycles. The molecule has 0 radical (unpaired) electrons. The van der Waals surface area contributed by atoms with Crippen molar-refractivity contribution in [3.05, 3.63) is 71.6 Å². The van der Waals surface area contributed by atoms with Crippen molar-refractivity contribution < 1.29 is 4.39 Å². The van der Waals surface area contributed by atoms with Gasteiger partial charge >= 0.3 is 0 Å². The Labute approximate surface area is 138 Å². The van der Waals surface area contributed by atoms with E-state index < -0.39 is 0 Å². The molecule has 2 N–H and O–H groups in total. The second kappa shape index (κ2) is 7.82. The molecular weight excluding hydrogens is 287 g/mol. The second-order valence-electron chi connectivity index (χ2n) is 5.61. The molecule has 122 valence electrons. The number of hydrogen-bond donors (Lipinski definition) is 2. The monoisotopic (exact) mass is 312 g/mol. The molecule has 0 aliphatic carbocycles. The van der Waals surface area contributed by atoms with E-state index in [4.69, 9.17) is 0 Å².